The smallest absolute Gasteiger partial charge is 0.298 e. The summed E-state index contributed by atoms with van der Waals surface area (Å²) in [5.74, 6) is -2.30. The standard InChI is InChI=1S/C10H6F4O2/c1-5(16)7-3-8(10(12,13)14)9(11)2-6(7)4-15/h2-4H,1H3. The van der Waals surface area contributed by atoms with Crippen LogP contribution in [-0.2, 0) is 6.18 Å². The molecule has 0 amide bonds. The van der Waals surface area contributed by atoms with Gasteiger partial charge in [0.2, 0.25) is 0 Å². The predicted molar refractivity (Wildman–Crippen MR) is 46.8 cm³/mol. The van der Waals surface area contributed by atoms with Crippen molar-refractivity contribution in [1.29, 1.82) is 0 Å². The second kappa shape index (κ2) is 4.03. The van der Waals surface area contributed by atoms with Crippen molar-refractivity contribution in [3.63, 3.8) is 0 Å². The summed E-state index contributed by atoms with van der Waals surface area (Å²) in [5.41, 5.74) is -2.38. The van der Waals surface area contributed by atoms with E-state index in [9.17, 15) is 27.2 Å². The van der Waals surface area contributed by atoms with Crippen molar-refractivity contribution in [3.8, 4) is 0 Å². The zero-order valence-electron chi connectivity index (χ0n) is 8.06. The van der Waals surface area contributed by atoms with Crippen molar-refractivity contribution in [1.82, 2.24) is 0 Å². The fourth-order valence-electron chi connectivity index (χ4n) is 1.21. The highest BCUT2D eigenvalue weighted by Crippen LogP contribution is 2.32. The average molecular weight is 234 g/mol. The van der Waals surface area contributed by atoms with Gasteiger partial charge in [-0.15, -0.1) is 0 Å². The van der Waals surface area contributed by atoms with Crippen molar-refractivity contribution < 1.29 is 27.2 Å². The van der Waals surface area contributed by atoms with E-state index in [0.29, 0.717) is 12.1 Å². The number of alkyl halides is 3. The number of benzene rings is 1. The Morgan fingerprint density at radius 3 is 2.25 bits per heavy atom. The molecule has 0 saturated heterocycles. The Hall–Kier alpha value is -1.72. The van der Waals surface area contributed by atoms with Crippen LogP contribution in [0.4, 0.5) is 17.6 Å². The number of carbonyl (C=O) groups is 2. The molecular formula is C10H6F4O2. The fraction of sp³-hybridized carbons (Fsp3) is 0.200. The molecule has 0 aliphatic carbocycles. The van der Waals surface area contributed by atoms with Crippen LogP contribution < -0.4 is 0 Å². The van der Waals surface area contributed by atoms with Crippen molar-refractivity contribution in [2.75, 3.05) is 0 Å². The van der Waals surface area contributed by atoms with Gasteiger partial charge in [0.1, 0.15) is 5.82 Å². The molecule has 1 aromatic carbocycles. The van der Waals surface area contributed by atoms with E-state index < -0.39 is 34.5 Å². The molecule has 0 fully saturated rings. The minimum atomic E-state index is -4.89. The quantitative estimate of drug-likeness (QED) is 0.448. The van der Waals surface area contributed by atoms with Crippen LogP contribution in [0, 0.1) is 5.82 Å². The van der Waals surface area contributed by atoms with Gasteiger partial charge in [0.15, 0.2) is 12.1 Å². The van der Waals surface area contributed by atoms with E-state index in [0.717, 1.165) is 6.92 Å². The lowest BCUT2D eigenvalue weighted by Crippen LogP contribution is -2.11. The number of hydrogen-bond acceptors (Lipinski definition) is 2. The molecule has 0 radical (unpaired) electrons. The molecule has 1 aromatic rings. The normalized spacial score (nSPS) is 11.3. The molecular weight excluding hydrogens is 228 g/mol. The maximum absolute atomic E-state index is 13.0. The molecule has 0 bridgehead atoms. The van der Waals surface area contributed by atoms with Crippen molar-refractivity contribution in [3.05, 3.63) is 34.6 Å². The molecule has 6 heteroatoms. The number of rotatable bonds is 2. The van der Waals surface area contributed by atoms with Gasteiger partial charge in [-0.3, -0.25) is 9.59 Å². The second-order valence-electron chi connectivity index (χ2n) is 3.09. The first-order chi connectivity index (χ1) is 7.27. The van der Waals surface area contributed by atoms with Gasteiger partial charge in [0, 0.05) is 11.1 Å². The Morgan fingerprint density at radius 1 is 1.31 bits per heavy atom. The van der Waals surface area contributed by atoms with Crippen LogP contribution in [0.2, 0.25) is 0 Å². The summed E-state index contributed by atoms with van der Waals surface area (Å²) in [6.07, 6.45) is -4.75. The van der Waals surface area contributed by atoms with Crippen LogP contribution in [0.25, 0.3) is 0 Å². The molecule has 0 aromatic heterocycles. The van der Waals surface area contributed by atoms with E-state index in [1.165, 1.54) is 0 Å². The first kappa shape index (κ1) is 12.4. The van der Waals surface area contributed by atoms with Gasteiger partial charge in [-0.2, -0.15) is 13.2 Å². The summed E-state index contributed by atoms with van der Waals surface area (Å²) in [4.78, 5) is 21.4. The van der Waals surface area contributed by atoms with E-state index in [-0.39, 0.29) is 6.29 Å². The second-order valence-corrected chi connectivity index (χ2v) is 3.09. The molecule has 0 unspecified atom stereocenters. The maximum atomic E-state index is 13.0. The zero-order valence-corrected chi connectivity index (χ0v) is 8.06. The monoisotopic (exact) mass is 234 g/mol. The average Bonchev–Trinajstić information content (AvgIpc) is 2.14. The van der Waals surface area contributed by atoms with Crippen LogP contribution in [0.3, 0.4) is 0 Å². The lowest BCUT2D eigenvalue weighted by Gasteiger charge is -2.10. The summed E-state index contributed by atoms with van der Waals surface area (Å²) >= 11 is 0. The third-order valence-electron chi connectivity index (χ3n) is 1.95. The molecule has 0 saturated carbocycles. The number of carbonyl (C=O) groups excluding carboxylic acids is 2. The van der Waals surface area contributed by atoms with Crippen LogP contribution in [0.5, 0.6) is 0 Å². The SMILES string of the molecule is CC(=O)c1cc(C(F)(F)F)c(F)cc1C=O. The summed E-state index contributed by atoms with van der Waals surface area (Å²) in [5, 5.41) is 0. The van der Waals surface area contributed by atoms with Crippen molar-refractivity contribution >= 4 is 12.1 Å². The Labute approximate surface area is 87.9 Å². The van der Waals surface area contributed by atoms with E-state index in [4.69, 9.17) is 0 Å². The van der Waals surface area contributed by atoms with Crippen LogP contribution in [-0.4, -0.2) is 12.1 Å². The Morgan fingerprint density at radius 2 is 1.88 bits per heavy atom. The third-order valence-corrected chi connectivity index (χ3v) is 1.95. The number of halogens is 4. The van der Waals surface area contributed by atoms with Gasteiger partial charge < -0.3 is 0 Å². The minimum Gasteiger partial charge on any atom is -0.298 e. The van der Waals surface area contributed by atoms with Crippen LogP contribution >= 0.6 is 0 Å². The van der Waals surface area contributed by atoms with Gasteiger partial charge >= 0.3 is 6.18 Å². The highest BCUT2D eigenvalue weighted by Gasteiger charge is 2.35. The number of Topliss-reactive ketones (excluding diaryl/α,β-unsaturated/α-hetero) is 1. The van der Waals surface area contributed by atoms with Gasteiger partial charge in [-0.1, -0.05) is 0 Å². The zero-order chi connectivity index (χ0) is 12.5. The number of aldehydes is 1. The van der Waals surface area contributed by atoms with E-state index >= 15 is 0 Å². The summed E-state index contributed by atoms with van der Waals surface area (Å²) < 4.78 is 49.9. The van der Waals surface area contributed by atoms with Gasteiger partial charge in [0.05, 0.1) is 5.56 Å². The Balaban J connectivity index is 3.51. The molecule has 1 rings (SSSR count). The Bertz CT molecular complexity index is 449. The summed E-state index contributed by atoms with van der Waals surface area (Å²) in [6.45, 7) is 1.00. The minimum absolute atomic E-state index is 0.139. The third kappa shape index (κ3) is 2.26. The van der Waals surface area contributed by atoms with Crippen molar-refractivity contribution in [2.24, 2.45) is 0 Å². The van der Waals surface area contributed by atoms with Gasteiger partial charge in [-0.05, 0) is 19.1 Å². The van der Waals surface area contributed by atoms with Crippen LogP contribution in [0.15, 0.2) is 12.1 Å². The molecule has 16 heavy (non-hydrogen) atoms. The highest BCUT2D eigenvalue weighted by molar-refractivity contribution is 6.01. The van der Waals surface area contributed by atoms with Gasteiger partial charge in [0.25, 0.3) is 0 Å². The lowest BCUT2D eigenvalue weighted by molar-refractivity contribution is -0.140. The number of hydrogen-bond donors (Lipinski definition) is 0. The molecule has 0 spiro atoms. The molecule has 0 N–H and O–H groups in total. The van der Waals surface area contributed by atoms with E-state index in [2.05, 4.69) is 0 Å². The highest BCUT2D eigenvalue weighted by atomic mass is 19.4. The maximum Gasteiger partial charge on any atom is 0.419 e. The number of ketones is 1. The molecule has 86 valence electrons. The van der Waals surface area contributed by atoms with Crippen molar-refractivity contribution in [2.45, 2.75) is 13.1 Å². The molecule has 0 atom stereocenters. The molecule has 0 heterocycles. The predicted octanol–water partition coefficient (Wildman–Crippen LogP) is 2.86. The van der Waals surface area contributed by atoms with E-state index in [1.807, 2.05) is 0 Å². The summed E-state index contributed by atoms with van der Waals surface area (Å²) in [7, 11) is 0. The molecule has 2 nitrogen and oxygen atoms in total. The van der Waals surface area contributed by atoms with Crippen LogP contribution in [0.1, 0.15) is 33.2 Å². The summed E-state index contributed by atoms with van der Waals surface area (Å²) in [6, 6.07) is 0.758. The lowest BCUT2D eigenvalue weighted by atomic mass is 10.0. The largest absolute Gasteiger partial charge is 0.419 e. The Kier molecular flexibility index (Phi) is 3.11. The van der Waals surface area contributed by atoms with E-state index in [1.54, 1.807) is 0 Å². The fourth-order valence-corrected chi connectivity index (χ4v) is 1.21. The first-order valence-electron chi connectivity index (χ1n) is 4.14. The molecule has 0 aliphatic rings. The topological polar surface area (TPSA) is 34.1 Å². The first-order valence-corrected chi connectivity index (χ1v) is 4.14. The van der Waals surface area contributed by atoms with Gasteiger partial charge in [-0.25, -0.2) is 4.39 Å². The molecule has 0 aliphatic heterocycles.